The molecule has 3 atom stereocenters. The standard InChI is InChI=1S/C15H15BrN2O3/c16-10-3-8-11(17-15(21)14(8)20)4-12(10)18-5-7-1-2-13(19)9(7)6-18/h3-4,7,9,13,19H,1-2,5-6H2,(H,17,20,21). The first-order chi connectivity index (χ1) is 10.0. The Bertz CT molecular complexity index is 661. The van der Waals surface area contributed by atoms with Gasteiger partial charge in [-0.15, -0.1) is 0 Å². The highest BCUT2D eigenvalue weighted by Crippen LogP contribution is 2.43. The second-order valence-corrected chi connectivity index (χ2v) is 6.96. The first kappa shape index (κ1) is 13.3. The number of aliphatic hydroxyl groups excluding tert-OH is 1. The van der Waals surface area contributed by atoms with Crippen LogP contribution in [0, 0.1) is 11.8 Å². The monoisotopic (exact) mass is 350 g/mol. The third-order valence-corrected chi connectivity index (χ3v) is 5.58. The van der Waals surface area contributed by atoms with Gasteiger partial charge in [0, 0.05) is 23.5 Å². The second kappa shape index (κ2) is 4.55. The van der Waals surface area contributed by atoms with Crippen LogP contribution in [0.4, 0.5) is 11.4 Å². The van der Waals surface area contributed by atoms with Gasteiger partial charge < -0.3 is 15.3 Å². The zero-order chi connectivity index (χ0) is 14.7. The molecule has 2 fully saturated rings. The van der Waals surface area contributed by atoms with Crippen LogP contribution in [0.3, 0.4) is 0 Å². The molecule has 5 nitrogen and oxygen atoms in total. The molecule has 3 aliphatic rings. The summed E-state index contributed by atoms with van der Waals surface area (Å²) in [5.74, 6) is -0.175. The van der Waals surface area contributed by atoms with Crippen molar-refractivity contribution in [3.05, 3.63) is 22.2 Å². The average molecular weight is 351 g/mol. The van der Waals surface area contributed by atoms with E-state index < -0.39 is 11.7 Å². The molecule has 1 saturated carbocycles. The van der Waals surface area contributed by atoms with Crippen molar-refractivity contribution in [1.29, 1.82) is 0 Å². The minimum atomic E-state index is -0.567. The van der Waals surface area contributed by atoms with Crippen LogP contribution in [0.1, 0.15) is 23.2 Å². The maximum absolute atomic E-state index is 11.7. The number of nitrogens with one attached hydrogen (secondary N) is 1. The average Bonchev–Trinajstić information content (AvgIpc) is 3.08. The zero-order valence-corrected chi connectivity index (χ0v) is 12.9. The summed E-state index contributed by atoms with van der Waals surface area (Å²) in [6.07, 6.45) is 1.77. The van der Waals surface area contributed by atoms with Gasteiger partial charge in [0.15, 0.2) is 0 Å². The van der Waals surface area contributed by atoms with Gasteiger partial charge in [0.1, 0.15) is 0 Å². The van der Waals surface area contributed by atoms with Crippen LogP contribution in [0.25, 0.3) is 0 Å². The number of Topliss-reactive ketones (excluding diaryl/α,β-unsaturated/α-hetero) is 1. The summed E-state index contributed by atoms with van der Waals surface area (Å²) in [4.78, 5) is 25.4. The largest absolute Gasteiger partial charge is 0.393 e. The normalized spacial score (nSPS) is 30.6. The highest BCUT2D eigenvalue weighted by atomic mass is 79.9. The van der Waals surface area contributed by atoms with Gasteiger partial charge in [-0.05, 0) is 46.8 Å². The van der Waals surface area contributed by atoms with Crippen LogP contribution in [0.2, 0.25) is 0 Å². The van der Waals surface area contributed by atoms with Crippen molar-refractivity contribution in [2.45, 2.75) is 18.9 Å². The first-order valence-corrected chi connectivity index (χ1v) is 7.96. The molecular weight excluding hydrogens is 336 g/mol. The molecule has 0 bridgehead atoms. The maximum Gasteiger partial charge on any atom is 0.296 e. The van der Waals surface area contributed by atoms with Gasteiger partial charge in [0.2, 0.25) is 0 Å². The molecule has 3 unspecified atom stereocenters. The molecule has 0 aromatic heterocycles. The number of hydrogen-bond acceptors (Lipinski definition) is 4. The van der Waals surface area contributed by atoms with Gasteiger partial charge in [0.05, 0.1) is 23.0 Å². The number of nitrogens with zero attached hydrogens (tertiary/aromatic N) is 1. The molecule has 2 aliphatic heterocycles. The van der Waals surface area contributed by atoms with Crippen molar-refractivity contribution < 1.29 is 14.7 Å². The lowest BCUT2D eigenvalue weighted by Gasteiger charge is -2.22. The van der Waals surface area contributed by atoms with E-state index in [4.69, 9.17) is 0 Å². The van der Waals surface area contributed by atoms with E-state index >= 15 is 0 Å². The third-order valence-electron chi connectivity index (χ3n) is 4.95. The molecule has 1 aliphatic carbocycles. The number of carbonyl (C=O) groups is 2. The Morgan fingerprint density at radius 3 is 2.81 bits per heavy atom. The third kappa shape index (κ3) is 1.92. The highest BCUT2D eigenvalue weighted by molar-refractivity contribution is 9.10. The van der Waals surface area contributed by atoms with E-state index in [2.05, 4.69) is 26.1 Å². The molecule has 0 radical (unpaired) electrons. The molecule has 0 spiro atoms. The molecule has 6 heteroatoms. The Morgan fingerprint density at radius 2 is 2.05 bits per heavy atom. The van der Waals surface area contributed by atoms with Crippen LogP contribution in [0.15, 0.2) is 16.6 Å². The van der Waals surface area contributed by atoms with Gasteiger partial charge in [-0.3, -0.25) is 9.59 Å². The Labute approximate surface area is 130 Å². The van der Waals surface area contributed by atoms with Crippen LogP contribution in [-0.4, -0.2) is 36.0 Å². The second-order valence-electron chi connectivity index (χ2n) is 6.11. The lowest BCUT2D eigenvalue weighted by molar-refractivity contribution is -0.112. The zero-order valence-electron chi connectivity index (χ0n) is 11.3. The van der Waals surface area contributed by atoms with Crippen molar-refractivity contribution in [2.24, 2.45) is 11.8 Å². The molecular formula is C15H15BrN2O3. The highest BCUT2D eigenvalue weighted by Gasteiger charge is 2.42. The van der Waals surface area contributed by atoms with Gasteiger partial charge in [-0.1, -0.05) is 0 Å². The predicted octanol–water partition coefficient (Wildman–Crippen LogP) is 1.79. The minimum absolute atomic E-state index is 0.200. The first-order valence-electron chi connectivity index (χ1n) is 7.17. The summed E-state index contributed by atoms with van der Waals surface area (Å²) < 4.78 is 0.820. The van der Waals surface area contributed by atoms with Crippen LogP contribution < -0.4 is 10.2 Å². The predicted molar refractivity (Wildman–Crippen MR) is 81.5 cm³/mol. The van der Waals surface area contributed by atoms with Crippen molar-refractivity contribution in [3.8, 4) is 0 Å². The van der Waals surface area contributed by atoms with Gasteiger partial charge >= 0.3 is 0 Å². The smallest absolute Gasteiger partial charge is 0.296 e. The molecule has 1 amide bonds. The summed E-state index contributed by atoms with van der Waals surface area (Å²) >= 11 is 3.51. The molecule has 1 aromatic carbocycles. The summed E-state index contributed by atoms with van der Waals surface area (Å²) in [5, 5.41) is 12.6. The Hall–Kier alpha value is -1.40. The van der Waals surface area contributed by atoms with Crippen LogP contribution in [0.5, 0.6) is 0 Å². The van der Waals surface area contributed by atoms with E-state index in [1.54, 1.807) is 6.07 Å². The number of benzene rings is 1. The Morgan fingerprint density at radius 1 is 1.24 bits per heavy atom. The van der Waals surface area contributed by atoms with E-state index in [9.17, 15) is 14.7 Å². The molecule has 2 N–H and O–H groups in total. The SMILES string of the molecule is O=C1Nc2cc(N3CC4CCC(O)C4C3)c(Br)cc2C1=O. The van der Waals surface area contributed by atoms with Crippen LogP contribution >= 0.6 is 15.9 Å². The van der Waals surface area contributed by atoms with E-state index in [1.165, 1.54) is 0 Å². The van der Waals surface area contributed by atoms with E-state index in [-0.39, 0.29) is 6.10 Å². The number of halogens is 1. The van der Waals surface area contributed by atoms with Crippen molar-refractivity contribution in [1.82, 2.24) is 0 Å². The molecule has 2 heterocycles. The van der Waals surface area contributed by atoms with Crippen LogP contribution in [-0.2, 0) is 4.79 Å². The molecule has 21 heavy (non-hydrogen) atoms. The van der Waals surface area contributed by atoms with Gasteiger partial charge in [-0.2, -0.15) is 0 Å². The Kier molecular flexibility index (Phi) is 2.87. The minimum Gasteiger partial charge on any atom is -0.393 e. The number of hydrogen-bond donors (Lipinski definition) is 2. The number of fused-ring (bicyclic) bond motifs is 2. The lowest BCUT2D eigenvalue weighted by atomic mass is 10.00. The molecule has 110 valence electrons. The topological polar surface area (TPSA) is 69.6 Å². The number of anilines is 2. The van der Waals surface area contributed by atoms with E-state index in [0.717, 1.165) is 36.1 Å². The molecule has 1 aromatic rings. The number of ketones is 1. The number of rotatable bonds is 1. The number of amides is 1. The van der Waals surface area contributed by atoms with Crippen molar-refractivity contribution in [2.75, 3.05) is 23.3 Å². The lowest BCUT2D eigenvalue weighted by Crippen LogP contribution is -2.24. The van der Waals surface area contributed by atoms with Gasteiger partial charge in [-0.25, -0.2) is 0 Å². The summed E-state index contributed by atoms with van der Waals surface area (Å²) in [6, 6.07) is 3.57. The summed E-state index contributed by atoms with van der Waals surface area (Å²) in [6.45, 7) is 1.74. The van der Waals surface area contributed by atoms with E-state index in [0.29, 0.717) is 23.1 Å². The fourth-order valence-electron chi connectivity index (χ4n) is 3.83. The number of aliphatic hydroxyl groups is 1. The van der Waals surface area contributed by atoms with Gasteiger partial charge in [0.25, 0.3) is 11.7 Å². The van der Waals surface area contributed by atoms with Crippen molar-refractivity contribution >= 4 is 39.0 Å². The fraction of sp³-hybridized carbons (Fsp3) is 0.467. The number of carbonyl (C=O) groups excluding carboxylic acids is 2. The maximum atomic E-state index is 11.7. The Balaban J connectivity index is 1.67. The molecule has 4 rings (SSSR count). The quantitative estimate of drug-likeness (QED) is 0.757. The summed E-state index contributed by atoms with van der Waals surface area (Å²) in [5.41, 5.74) is 1.99. The van der Waals surface area contributed by atoms with E-state index in [1.807, 2.05) is 6.07 Å². The summed E-state index contributed by atoms with van der Waals surface area (Å²) in [7, 11) is 0. The van der Waals surface area contributed by atoms with Crippen molar-refractivity contribution in [3.63, 3.8) is 0 Å². The fourth-order valence-corrected chi connectivity index (χ4v) is 4.42. The molecule has 1 saturated heterocycles.